The minimum atomic E-state index is 0.146. The van der Waals surface area contributed by atoms with Gasteiger partial charge in [0.05, 0.1) is 6.10 Å². The number of aryl methyl sites for hydroxylation is 1. The van der Waals surface area contributed by atoms with Crippen molar-refractivity contribution in [2.24, 2.45) is 0 Å². The Kier molecular flexibility index (Phi) is 4.58. The third kappa shape index (κ3) is 3.83. The van der Waals surface area contributed by atoms with E-state index in [9.17, 15) is 0 Å². The maximum Gasteiger partial charge on any atom is 0.137 e. The number of aromatic nitrogens is 1. The number of ether oxygens (including phenoxy) is 1. The second-order valence-electron chi connectivity index (χ2n) is 4.70. The molecule has 102 valence electrons. The topological polar surface area (TPSA) is 55.5 Å². The predicted molar refractivity (Wildman–Crippen MR) is 73.1 cm³/mol. The molecule has 0 radical (unpaired) electrons. The average molecular weight is 261 g/mol. The molecule has 0 atom stereocenters. The quantitative estimate of drug-likeness (QED) is 0.868. The van der Waals surface area contributed by atoms with Gasteiger partial charge in [0.2, 0.25) is 0 Å². The van der Waals surface area contributed by atoms with E-state index in [0.29, 0.717) is 12.8 Å². The normalized spacial score (nSPS) is 10.9. The molecule has 0 fully saturated rings. The molecule has 0 bridgehead atoms. The third-order valence-electron chi connectivity index (χ3n) is 2.64. The summed E-state index contributed by atoms with van der Waals surface area (Å²) in [4.78, 5) is 0. The highest BCUT2D eigenvalue weighted by atomic mass is 16.5. The third-order valence-corrected chi connectivity index (χ3v) is 2.64. The van der Waals surface area contributed by atoms with E-state index in [1.165, 1.54) is 0 Å². The Hall–Kier alpha value is -1.81. The lowest BCUT2D eigenvalue weighted by molar-refractivity contribution is 0.242. The highest BCUT2D eigenvalue weighted by Crippen LogP contribution is 2.24. The maximum absolute atomic E-state index is 8.79. The van der Waals surface area contributed by atoms with Crippen LogP contribution >= 0.6 is 0 Å². The molecule has 1 aromatic carbocycles. The minimum absolute atomic E-state index is 0.146. The molecule has 1 heterocycles. The molecule has 0 amide bonds. The monoisotopic (exact) mass is 261 g/mol. The fraction of sp³-hybridized carbons (Fsp3) is 0.400. The van der Waals surface area contributed by atoms with Crippen molar-refractivity contribution in [2.45, 2.75) is 32.8 Å². The van der Waals surface area contributed by atoms with E-state index in [-0.39, 0.29) is 12.7 Å². The number of benzene rings is 1. The van der Waals surface area contributed by atoms with Crippen molar-refractivity contribution in [1.29, 1.82) is 0 Å². The molecule has 4 nitrogen and oxygen atoms in total. The van der Waals surface area contributed by atoms with Crippen LogP contribution in [0.5, 0.6) is 5.75 Å². The van der Waals surface area contributed by atoms with Gasteiger partial charge in [-0.15, -0.1) is 0 Å². The van der Waals surface area contributed by atoms with Crippen molar-refractivity contribution in [1.82, 2.24) is 5.16 Å². The Morgan fingerprint density at radius 3 is 2.89 bits per heavy atom. The van der Waals surface area contributed by atoms with Gasteiger partial charge in [0.15, 0.2) is 0 Å². The highest BCUT2D eigenvalue weighted by molar-refractivity contribution is 5.60. The van der Waals surface area contributed by atoms with Gasteiger partial charge >= 0.3 is 0 Å². The first-order chi connectivity index (χ1) is 9.19. The molecule has 0 unspecified atom stereocenters. The van der Waals surface area contributed by atoms with E-state index in [1.54, 1.807) is 0 Å². The van der Waals surface area contributed by atoms with Gasteiger partial charge in [-0.05, 0) is 32.4 Å². The molecule has 19 heavy (non-hydrogen) atoms. The van der Waals surface area contributed by atoms with Crippen LogP contribution in [0.2, 0.25) is 0 Å². The van der Waals surface area contributed by atoms with Gasteiger partial charge in [-0.3, -0.25) is 0 Å². The van der Waals surface area contributed by atoms with Crippen LogP contribution in [0.25, 0.3) is 11.3 Å². The van der Waals surface area contributed by atoms with Gasteiger partial charge in [0.1, 0.15) is 17.2 Å². The van der Waals surface area contributed by atoms with Gasteiger partial charge in [0, 0.05) is 24.7 Å². The van der Waals surface area contributed by atoms with Crippen molar-refractivity contribution in [3.63, 3.8) is 0 Å². The standard InChI is InChI=1S/C15H19NO3/c1-11(2)18-13-6-3-5-12(9-13)15-10-14(19-16-15)7-4-8-17/h3,5-6,9-11,17H,4,7-8H2,1-2H3. The molecule has 0 aliphatic rings. The summed E-state index contributed by atoms with van der Waals surface area (Å²) < 4.78 is 10.9. The second-order valence-corrected chi connectivity index (χ2v) is 4.70. The molecule has 4 heteroatoms. The van der Waals surface area contributed by atoms with Gasteiger partial charge < -0.3 is 14.4 Å². The van der Waals surface area contributed by atoms with Crippen LogP contribution in [0.1, 0.15) is 26.0 Å². The summed E-state index contributed by atoms with van der Waals surface area (Å²) in [6, 6.07) is 9.70. The van der Waals surface area contributed by atoms with Crippen molar-refractivity contribution >= 4 is 0 Å². The number of rotatable bonds is 6. The molecular weight excluding hydrogens is 242 g/mol. The first kappa shape index (κ1) is 13.6. The van der Waals surface area contributed by atoms with Gasteiger partial charge in [0.25, 0.3) is 0 Å². The summed E-state index contributed by atoms with van der Waals surface area (Å²) >= 11 is 0. The zero-order valence-electron chi connectivity index (χ0n) is 11.3. The molecule has 1 aromatic heterocycles. The summed E-state index contributed by atoms with van der Waals surface area (Å²) in [5.41, 5.74) is 1.76. The zero-order valence-corrected chi connectivity index (χ0v) is 11.3. The van der Waals surface area contributed by atoms with Crippen LogP contribution in [0.3, 0.4) is 0 Å². The lowest BCUT2D eigenvalue weighted by Gasteiger charge is -2.09. The van der Waals surface area contributed by atoms with E-state index in [0.717, 1.165) is 22.8 Å². The molecule has 1 N–H and O–H groups in total. The summed E-state index contributed by atoms with van der Waals surface area (Å²) in [5.74, 6) is 1.62. The van der Waals surface area contributed by atoms with Crippen LogP contribution in [0.4, 0.5) is 0 Å². The van der Waals surface area contributed by atoms with Crippen LogP contribution in [0.15, 0.2) is 34.9 Å². The van der Waals surface area contributed by atoms with Gasteiger partial charge in [-0.2, -0.15) is 0 Å². The SMILES string of the molecule is CC(C)Oc1cccc(-c2cc(CCCO)on2)c1. The first-order valence-corrected chi connectivity index (χ1v) is 6.52. The van der Waals surface area contributed by atoms with Crippen LogP contribution in [-0.2, 0) is 6.42 Å². The maximum atomic E-state index is 8.79. The predicted octanol–water partition coefficient (Wildman–Crippen LogP) is 3.05. The Labute approximate surface area is 113 Å². The van der Waals surface area contributed by atoms with Crippen LogP contribution in [0, 0.1) is 0 Å². The number of hydrogen-bond donors (Lipinski definition) is 1. The zero-order chi connectivity index (χ0) is 13.7. The lowest BCUT2D eigenvalue weighted by atomic mass is 10.1. The van der Waals surface area contributed by atoms with Crippen molar-refractivity contribution in [3.8, 4) is 17.0 Å². The van der Waals surface area contributed by atoms with E-state index < -0.39 is 0 Å². The number of aliphatic hydroxyl groups excluding tert-OH is 1. The second kappa shape index (κ2) is 6.38. The number of nitrogens with zero attached hydrogens (tertiary/aromatic N) is 1. The van der Waals surface area contributed by atoms with E-state index >= 15 is 0 Å². The molecule has 2 rings (SSSR count). The Morgan fingerprint density at radius 1 is 1.32 bits per heavy atom. The minimum Gasteiger partial charge on any atom is -0.491 e. The Morgan fingerprint density at radius 2 is 2.16 bits per heavy atom. The summed E-state index contributed by atoms with van der Waals surface area (Å²) in [7, 11) is 0. The molecule has 2 aromatic rings. The molecule has 0 saturated heterocycles. The molecule has 0 saturated carbocycles. The Bertz CT molecular complexity index is 520. The fourth-order valence-electron chi connectivity index (χ4n) is 1.82. The van der Waals surface area contributed by atoms with Gasteiger partial charge in [-0.25, -0.2) is 0 Å². The summed E-state index contributed by atoms with van der Waals surface area (Å²) in [6.07, 6.45) is 1.53. The van der Waals surface area contributed by atoms with Crippen molar-refractivity contribution in [3.05, 3.63) is 36.1 Å². The lowest BCUT2D eigenvalue weighted by Crippen LogP contribution is -2.05. The molecular formula is C15H19NO3. The van der Waals surface area contributed by atoms with E-state index in [2.05, 4.69) is 5.16 Å². The average Bonchev–Trinajstić information content (AvgIpc) is 2.84. The van der Waals surface area contributed by atoms with Crippen molar-refractivity contribution in [2.75, 3.05) is 6.61 Å². The molecule has 0 spiro atoms. The first-order valence-electron chi connectivity index (χ1n) is 6.52. The summed E-state index contributed by atoms with van der Waals surface area (Å²) in [6.45, 7) is 4.15. The van der Waals surface area contributed by atoms with E-state index in [1.807, 2.05) is 44.2 Å². The van der Waals surface area contributed by atoms with Gasteiger partial charge in [-0.1, -0.05) is 17.3 Å². The highest BCUT2D eigenvalue weighted by Gasteiger charge is 2.07. The summed E-state index contributed by atoms with van der Waals surface area (Å²) in [5, 5.41) is 12.8. The molecule has 0 aliphatic carbocycles. The van der Waals surface area contributed by atoms with Crippen LogP contribution < -0.4 is 4.74 Å². The van der Waals surface area contributed by atoms with E-state index in [4.69, 9.17) is 14.4 Å². The van der Waals surface area contributed by atoms with Crippen LogP contribution in [-0.4, -0.2) is 23.0 Å². The fourth-order valence-corrected chi connectivity index (χ4v) is 1.82. The Balaban J connectivity index is 2.14. The largest absolute Gasteiger partial charge is 0.491 e. The van der Waals surface area contributed by atoms with Crippen molar-refractivity contribution < 1.29 is 14.4 Å². The smallest absolute Gasteiger partial charge is 0.137 e. The molecule has 0 aliphatic heterocycles. The number of hydrogen-bond acceptors (Lipinski definition) is 4. The number of aliphatic hydroxyl groups is 1.